The summed E-state index contributed by atoms with van der Waals surface area (Å²) in [5.41, 5.74) is 16.0. The third kappa shape index (κ3) is 5.49. The van der Waals surface area contributed by atoms with Gasteiger partial charge in [-0.2, -0.15) is 0 Å². The van der Waals surface area contributed by atoms with E-state index in [4.69, 9.17) is 9.97 Å². The lowest BCUT2D eigenvalue weighted by atomic mass is 9.74. The number of nitrogens with zero attached hydrogens (tertiary/aromatic N) is 2. The molecule has 2 nitrogen and oxygen atoms in total. The van der Waals surface area contributed by atoms with Crippen LogP contribution in [0.3, 0.4) is 0 Å². The van der Waals surface area contributed by atoms with Crippen molar-refractivity contribution in [3.8, 4) is 67.3 Å². The number of rotatable bonds is 6. The third-order valence-corrected chi connectivity index (χ3v) is 12.2. The van der Waals surface area contributed by atoms with Crippen molar-refractivity contribution in [2.45, 2.75) is 12.3 Å². The van der Waals surface area contributed by atoms with Crippen LogP contribution in [-0.4, -0.2) is 9.97 Å². The molecule has 1 aromatic heterocycles. The zero-order valence-electron chi connectivity index (χ0n) is 32.1. The van der Waals surface area contributed by atoms with Crippen LogP contribution >= 0.6 is 0 Å². The Morgan fingerprint density at radius 2 is 0.828 bits per heavy atom. The van der Waals surface area contributed by atoms with E-state index in [9.17, 15) is 0 Å². The second kappa shape index (κ2) is 13.7. The summed E-state index contributed by atoms with van der Waals surface area (Å²) in [6.45, 7) is 2.38. The Bertz CT molecular complexity index is 3160. The lowest BCUT2D eigenvalue weighted by molar-refractivity contribution is 0.714. The first kappa shape index (κ1) is 33.9. The van der Waals surface area contributed by atoms with E-state index in [1.165, 1.54) is 66.2 Å². The standard InChI is InChI=1S/C56H38N2/c1-56(42-19-6-3-7-20-42)51-26-13-12-24-48(51)49-32-31-41(35-52(49)56)45-33-34-50(47-23-11-10-22-46(45)47)55-57-53(39-16-4-2-5-17-39)36-54(58-55)40-29-27-38(28-30-40)44-25-14-18-37-15-8-9-21-43(37)44/h2-36H,1H3. The number of fused-ring (bicyclic) bond motifs is 5. The zero-order valence-corrected chi connectivity index (χ0v) is 32.1. The van der Waals surface area contributed by atoms with E-state index in [1.807, 2.05) is 6.07 Å². The highest BCUT2D eigenvalue weighted by Crippen LogP contribution is 2.53. The highest BCUT2D eigenvalue weighted by Gasteiger charge is 2.40. The average molecular weight is 739 g/mol. The van der Waals surface area contributed by atoms with Gasteiger partial charge in [0.2, 0.25) is 0 Å². The van der Waals surface area contributed by atoms with Crippen molar-refractivity contribution >= 4 is 21.5 Å². The van der Waals surface area contributed by atoms with E-state index < -0.39 is 0 Å². The fraction of sp³-hybridized carbons (Fsp3) is 0.0357. The molecule has 272 valence electrons. The van der Waals surface area contributed by atoms with Crippen LogP contribution in [0.25, 0.3) is 88.8 Å². The van der Waals surface area contributed by atoms with Gasteiger partial charge in [0.1, 0.15) is 0 Å². The summed E-state index contributed by atoms with van der Waals surface area (Å²) in [5.74, 6) is 0.707. The van der Waals surface area contributed by atoms with Gasteiger partial charge < -0.3 is 0 Å². The van der Waals surface area contributed by atoms with E-state index >= 15 is 0 Å². The average Bonchev–Trinajstić information content (AvgIpc) is 3.56. The van der Waals surface area contributed by atoms with Crippen LogP contribution in [0.4, 0.5) is 0 Å². The molecule has 9 aromatic carbocycles. The third-order valence-electron chi connectivity index (χ3n) is 12.2. The molecule has 0 amide bonds. The van der Waals surface area contributed by atoms with Gasteiger partial charge in [0.25, 0.3) is 0 Å². The second-order valence-electron chi connectivity index (χ2n) is 15.4. The van der Waals surface area contributed by atoms with Crippen molar-refractivity contribution < 1.29 is 0 Å². The maximum atomic E-state index is 5.32. The van der Waals surface area contributed by atoms with Crippen LogP contribution in [-0.2, 0) is 5.41 Å². The molecule has 0 N–H and O–H groups in total. The number of hydrogen-bond acceptors (Lipinski definition) is 2. The van der Waals surface area contributed by atoms with Gasteiger partial charge in [0, 0.05) is 22.1 Å². The van der Waals surface area contributed by atoms with Gasteiger partial charge in [-0.15, -0.1) is 0 Å². The first-order chi connectivity index (χ1) is 28.6. The Morgan fingerprint density at radius 3 is 1.60 bits per heavy atom. The van der Waals surface area contributed by atoms with Crippen molar-refractivity contribution in [2.75, 3.05) is 0 Å². The first-order valence-corrected chi connectivity index (χ1v) is 20.0. The Hall–Kier alpha value is -7.42. The van der Waals surface area contributed by atoms with Crippen LogP contribution < -0.4 is 0 Å². The van der Waals surface area contributed by atoms with Crippen molar-refractivity contribution in [1.29, 1.82) is 0 Å². The Labute approximate surface area is 338 Å². The highest BCUT2D eigenvalue weighted by atomic mass is 14.9. The van der Waals surface area contributed by atoms with Crippen LogP contribution in [0.15, 0.2) is 212 Å². The molecular formula is C56H38N2. The summed E-state index contributed by atoms with van der Waals surface area (Å²) in [7, 11) is 0. The molecule has 0 aliphatic heterocycles. The van der Waals surface area contributed by atoms with Gasteiger partial charge in [0.05, 0.1) is 11.4 Å². The van der Waals surface area contributed by atoms with Gasteiger partial charge >= 0.3 is 0 Å². The van der Waals surface area contributed by atoms with Crippen molar-refractivity contribution in [2.24, 2.45) is 0 Å². The molecule has 11 rings (SSSR count). The molecule has 1 aliphatic carbocycles. The van der Waals surface area contributed by atoms with E-state index in [2.05, 4.69) is 213 Å². The summed E-state index contributed by atoms with van der Waals surface area (Å²) in [4.78, 5) is 10.6. The van der Waals surface area contributed by atoms with Gasteiger partial charge in [-0.25, -0.2) is 9.97 Å². The minimum absolute atomic E-state index is 0.270. The van der Waals surface area contributed by atoms with Crippen molar-refractivity contribution in [3.05, 3.63) is 229 Å². The quantitative estimate of drug-likeness (QED) is 0.170. The van der Waals surface area contributed by atoms with Gasteiger partial charge in [-0.1, -0.05) is 194 Å². The van der Waals surface area contributed by atoms with Crippen LogP contribution in [0.2, 0.25) is 0 Å². The molecule has 10 aromatic rings. The molecule has 1 unspecified atom stereocenters. The maximum Gasteiger partial charge on any atom is 0.161 e. The maximum absolute atomic E-state index is 5.32. The fourth-order valence-corrected chi connectivity index (χ4v) is 9.26. The lowest BCUT2D eigenvalue weighted by Crippen LogP contribution is -2.22. The van der Waals surface area contributed by atoms with Gasteiger partial charge in [0.15, 0.2) is 5.82 Å². The zero-order chi connectivity index (χ0) is 38.6. The molecular weight excluding hydrogens is 701 g/mol. The Morgan fingerprint density at radius 1 is 0.328 bits per heavy atom. The van der Waals surface area contributed by atoms with Crippen LogP contribution in [0.1, 0.15) is 23.6 Å². The molecule has 0 radical (unpaired) electrons. The second-order valence-corrected chi connectivity index (χ2v) is 15.4. The molecule has 1 aliphatic rings. The largest absolute Gasteiger partial charge is 0.228 e. The highest BCUT2D eigenvalue weighted by molar-refractivity contribution is 6.05. The molecule has 0 fully saturated rings. The predicted octanol–water partition coefficient (Wildman–Crippen LogP) is 14.5. The normalized spacial score (nSPS) is 14.4. The molecule has 0 saturated carbocycles. The summed E-state index contributed by atoms with van der Waals surface area (Å²) >= 11 is 0. The van der Waals surface area contributed by atoms with E-state index in [1.54, 1.807) is 0 Å². The van der Waals surface area contributed by atoms with Crippen LogP contribution in [0, 0.1) is 0 Å². The van der Waals surface area contributed by atoms with Crippen LogP contribution in [0.5, 0.6) is 0 Å². The van der Waals surface area contributed by atoms with Crippen molar-refractivity contribution in [3.63, 3.8) is 0 Å². The Balaban J connectivity index is 1.04. The molecule has 58 heavy (non-hydrogen) atoms. The molecule has 2 heteroatoms. The molecule has 0 spiro atoms. The van der Waals surface area contributed by atoms with E-state index in [-0.39, 0.29) is 5.41 Å². The van der Waals surface area contributed by atoms with Gasteiger partial charge in [-0.3, -0.25) is 0 Å². The summed E-state index contributed by atoms with van der Waals surface area (Å²) in [6, 6.07) is 76.5. The topological polar surface area (TPSA) is 25.8 Å². The fourth-order valence-electron chi connectivity index (χ4n) is 9.26. The van der Waals surface area contributed by atoms with Crippen molar-refractivity contribution in [1.82, 2.24) is 9.97 Å². The van der Waals surface area contributed by atoms with E-state index in [0.29, 0.717) is 5.82 Å². The number of hydrogen-bond donors (Lipinski definition) is 0. The minimum Gasteiger partial charge on any atom is -0.228 e. The summed E-state index contributed by atoms with van der Waals surface area (Å²) < 4.78 is 0. The predicted molar refractivity (Wildman–Crippen MR) is 242 cm³/mol. The lowest BCUT2D eigenvalue weighted by Gasteiger charge is -2.28. The smallest absolute Gasteiger partial charge is 0.161 e. The Kier molecular flexibility index (Phi) is 7.97. The molecule has 0 saturated heterocycles. The van der Waals surface area contributed by atoms with Gasteiger partial charge in [-0.05, 0) is 96.7 Å². The molecule has 0 bridgehead atoms. The summed E-state index contributed by atoms with van der Waals surface area (Å²) in [6.07, 6.45) is 0. The molecule has 1 atom stereocenters. The number of aromatic nitrogens is 2. The molecule has 1 heterocycles. The monoisotopic (exact) mass is 738 g/mol. The SMILES string of the molecule is CC1(c2ccccc2)c2ccccc2-c2ccc(-c3ccc(-c4nc(-c5ccccc5)cc(-c5ccc(-c6cccc7ccccc67)cc5)n4)c4ccccc34)cc21. The summed E-state index contributed by atoms with van der Waals surface area (Å²) in [5, 5.41) is 4.78. The number of benzene rings is 9. The first-order valence-electron chi connectivity index (χ1n) is 20.0. The van der Waals surface area contributed by atoms with E-state index in [0.717, 1.165) is 33.5 Å². The minimum atomic E-state index is -0.270.